The molecule has 0 aliphatic heterocycles. The maximum Gasteiger partial charge on any atom is 0.269 e. The molecule has 2 aromatic carbocycles. The van der Waals surface area contributed by atoms with Gasteiger partial charge in [0.05, 0.1) is 14.2 Å². The topological polar surface area (TPSA) is 96.9 Å². The molecule has 2 rings (SSSR count). The Hall–Kier alpha value is -3.22. The number of hydrogen-bond donors (Lipinski definition) is 3. The molecule has 23 heavy (non-hydrogen) atoms. The van der Waals surface area contributed by atoms with E-state index in [-0.39, 0.29) is 5.75 Å². The average Bonchev–Trinajstić information content (AvgIpc) is 2.59. The van der Waals surface area contributed by atoms with Crippen molar-refractivity contribution in [1.82, 2.24) is 10.9 Å². The van der Waals surface area contributed by atoms with Crippen LogP contribution in [-0.2, 0) is 0 Å². The van der Waals surface area contributed by atoms with Crippen LogP contribution in [0.25, 0.3) is 0 Å². The first-order chi connectivity index (χ1) is 11.0. The Morgan fingerprint density at radius 1 is 0.826 bits per heavy atom. The number of phenols is 1. The van der Waals surface area contributed by atoms with E-state index in [4.69, 9.17) is 9.47 Å². The first-order valence-corrected chi connectivity index (χ1v) is 6.67. The van der Waals surface area contributed by atoms with Gasteiger partial charge in [0.25, 0.3) is 11.8 Å². The number of rotatable bonds is 4. The predicted molar refractivity (Wildman–Crippen MR) is 82.6 cm³/mol. The molecule has 0 aromatic heterocycles. The summed E-state index contributed by atoms with van der Waals surface area (Å²) < 4.78 is 10.2. The van der Waals surface area contributed by atoms with Crippen molar-refractivity contribution in [1.29, 1.82) is 0 Å². The van der Waals surface area contributed by atoms with E-state index >= 15 is 0 Å². The van der Waals surface area contributed by atoms with Crippen molar-refractivity contribution in [2.45, 2.75) is 0 Å². The molecule has 0 spiro atoms. The van der Waals surface area contributed by atoms with Gasteiger partial charge in [-0.1, -0.05) is 0 Å². The first kappa shape index (κ1) is 16.2. The number of benzene rings is 2. The molecule has 0 unspecified atom stereocenters. The van der Waals surface area contributed by atoms with Crippen molar-refractivity contribution in [2.75, 3.05) is 14.2 Å². The number of aromatic hydroxyl groups is 1. The van der Waals surface area contributed by atoms with Gasteiger partial charge in [0, 0.05) is 11.1 Å². The van der Waals surface area contributed by atoms with Crippen LogP contribution in [0.2, 0.25) is 0 Å². The number of ether oxygens (including phenoxy) is 2. The van der Waals surface area contributed by atoms with E-state index < -0.39 is 11.8 Å². The second kappa shape index (κ2) is 7.17. The Morgan fingerprint density at radius 2 is 1.35 bits per heavy atom. The van der Waals surface area contributed by atoms with Gasteiger partial charge in [-0.3, -0.25) is 20.4 Å². The van der Waals surface area contributed by atoms with E-state index in [1.807, 2.05) is 0 Å². The summed E-state index contributed by atoms with van der Waals surface area (Å²) in [7, 11) is 2.96. The summed E-state index contributed by atoms with van der Waals surface area (Å²) in [5, 5.41) is 9.17. The van der Waals surface area contributed by atoms with E-state index in [1.54, 1.807) is 12.1 Å². The molecule has 0 saturated carbocycles. The molecular weight excluding hydrogens is 300 g/mol. The molecular formula is C16H16N2O5. The standard InChI is InChI=1S/C16H16N2O5/c1-22-13-8-5-11(9-14(13)23-2)16(21)18-17-15(20)10-3-6-12(19)7-4-10/h3-9,19H,1-2H3,(H,17,20)(H,18,21). The highest BCUT2D eigenvalue weighted by Crippen LogP contribution is 2.27. The largest absolute Gasteiger partial charge is 0.508 e. The average molecular weight is 316 g/mol. The van der Waals surface area contributed by atoms with Gasteiger partial charge in [-0.2, -0.15) is 0 Å². The molecule has 7 nitrogen and oxygen atoms in total. The van der Waals surface area contributed by atoms with Crippen LogP contribution in [0.5, 0.6) is 17.2 Å². The molecule has 3 N–H and O–H groups in total. The summed E-state index contributed by atoms with van der Waals surface area (Å²) in [6.07, 6.45) is 0. The lowest BCUT2D eigenvalue weighted by Crippen LogP contribution is -2.41. The quantitative estimate of drug-likeness (QED) is 0.743. The molecule has 7 heteroatoms. The van der Waals surface area contributed by atoms with E-state index in [0.717, 1.165) is 0 Å². The molecule has 0 saturated heterocycles. The van der Waals surface area contributed by atoms with Gasteiger partial charge in [0.15, 0.2) is 11.5 Å². The molecule has 2 aromatic rings. The van der Waals surface area contributed by atoms with Crippen molar-refractivity contribution in [3.63, 3.8) is 0 Å². The summed E-state index contributed by atoms with van der Waals surface area (Å²) in [6, 6.07) is 10.3. The molecule has 0 fully saturated rings. The summed E-state index contributed by atoms with van der Waals surface area (Å²) in [6.45, 7) is 0. The lowest BCUT2D eigenvalue weighted by molar-refractivity contribution is 0.0846. The smallest absolute Gasteiger partial charge is 0.269 e. The molecule has 0 aliphatic carbocycles. The second-order valence-corrected chi connectivity index (χ2v) is 4.52. The molecule has 120 valence electrons. The maximum atomic E-state index is 12.0. The monoisotopic (exact) mass is 316 g/mol. The lowest BCUT2D eigenvalue weighted by Gasteiger charge is -2.10. The zero-order valence-electron chi connectivity index (χ0n) is 12.6. The van der Waals surface area contributed by atoms with Crippen LogP contribution in [-0.4, -0.2) is 31.1 Å². The number of hydrazine groups is 1. The fraction of sp³-hybridized carbons (Fsp3) is 0.125. The SMILES string of the molecule is COc1ccc(C(=O)NNC(=O)c2ccc(O)cc2)cc1OC. The van der Waals surface area contributed by atoms with Crippen molar-refractivity contribution in [3.8, 4) is 17.2 Å². The number of phenolic OH excluding ortho intramolecular Hbond substituents is 1. The number of carbonyl (C=O) groups excluding carboxylic acids is 2. The third kappa shape index (κ3) is 3.91. The number of nitrogens with one attached hydrogen (secondary N) is 2. The van der Waals surface area contributed by atoms with Gasteiger partial charge < -0.3 is 14.6 Å². The molecule has 0 atom stereocenters. The number of amides is 2. The minimum absolute atomic E-state index is 0.0518. The highest BCUT2D eigenvalue weighted by atomic mass is 16.5. The van der Waals surface area contributed by atoms with Crippen molar-refractivity contribution < 1.29 is 24.2 Å². The Morgan fingerprint density at radius 3 is 1.91 bits per heavy atom. The maximum absolute atomic E-state index is 12.0. The number of hydrogen-bond acceptors (Lipinski definition) is 5. The van der Waals surface area contributed by atoms with Crippen LogP contribution in [0.3, 0.4) is 0 Å². The zero-order valence-corrected chi connectivity index (χ0v) is 12.6. The Labute approximate surface area is 132 Å². The molecule has 2 amide bonds. The normalized spacial score (nSPS) is 9.83. The minimum atomic E-state index is -0.502. The van der Waals surface area contributed by atoms with Gasteiger partial charge in [0.1, 0.15) is 5.75 Å². The van der Waals surface area contributed by atoms with Crippen LogP contribution in [0.15, 0.2) is 42.5 Å². The fourth-order valence-electron chi connectivity index (χ4n) is 1.85. The summed E-state index contributed by atoms with van der Waals surface area (Å²) in [5.41, 5.74) is 5.19. The summed E-state index contributed by atoms with van der Waals surface area (Å²) >= 11 is 0. The van der Waals surface area contributed by atoms with E-state index in [2.05, 4.69) is 10.9 Å². The minimum Gasteiger partial charge on any atom is -0.508 e. The van der Waals surface area contributed by atoms with Crippen LogP contribution >= 0.6 is 0 Å². The van der Waals surface area contributed by atoms with Crippen molar-refractivity contribution in [2.24, 2.45) is 0 Å². The van der Waals surface area contributed by atoms with Gasteiger partial charge in [0.2, 0.25) is 0 Å². The molecule has 0 heterocycles. The van der Waals surface area contributed by atoms with Crippen LogP contribution in [0.1, 0.15) is 20.7 Å². The first-order valence-electron chi connectivity index (χ1n) is 6.67. The Balaban J connectivity index is 2.02. The van der Waals surface area contributed by atoms with Crippen molar-refractivity contribution >= 4 is 11.8 Å². The van der Waals surface area contributed by atoms with E-state index in [1.165, 1.54) is 44.6 Å². The van der Waals surface area contributed by atoms with Crippen LogP contribution in [0, 0.1) is 0 Å². The highest BCUT2D eigenvalue weighted by molar-refractivity contribution is 5.99. The van der Waals surface area contributed by atoms with Crippen molar-refractivity contribution in [3.05, 3.63) is 53.6 Å². The van der Waals surface area contributed by atoms with Crippen LogP contribution in [0.4, 0.5) is 0 Å². The zero-order chi connectivity index (χ0) is 16.8. The lowest BCUT2D eigenvalue weighted by atomic mass is 10.2. The fourth-order valence-corrected chi connectivity index (χ4v) is 1.85. The predicted octanol–water partition coefficient (Wildman–Crippen LogP) is 1.48. The van der Waals surface area contributed by atoms with Gasteiger partial charge in [-0.25, -0.2) is 0 Å². The number of carbonyl (C=O) groups is 2. The van der Waals surface area contributed by atoms with Gasteiger partial charge in [-0.05, 0) is 42.5 Å². The molecule has 0 radical (unpaired) electrons. The third-order valence-electron chi connectivity index (χ3n) is 3.06. The number of methoxy groups -OCH3 is 2. The summed E-state index contributed by atoms with van der Waals surface area (Å²) in [4.78, 5) is 23.9. The van der Waals surface area contributed by atoms with E-state index in [0.29, 0.717) is 22.6 Å². The third-order valence-corrected chi connectivity index (χ3v) is 3.06. The Bertz CT molecular complexity index is 713. The molecule has 0 aliphatic rings. The van der Waals surface area contributed by atoms with Gasteiger partial charge >= 0.3 is 0 Å². The van der Waals surface area contributed by atoms with E-state index in [9.17, 15) is 14.7 Å². The van der Waals surface area contributed by atoms with Gasteiger partial charge in [-0.15, -0.1) is 0 Å². The summed E-state index contributed by atoms with van der Waals surface area (Å²) in [5.74, 6) is -0.0463. The highest BCUT2D eigenvalue weighted by Gasteiger charge is 2.12. The molecule has 0 bridgehead atoms. The van der Waals surface area contributed by atoms with Crippen LogP contribution < -0.4 is 20.3 Å². The Kier molecular flexibility index (Phi) is 5.03. The second-order valence-electron chi connectivity index (χ2n) is 4.52.